The van der Waals surface area contributed by atoms with E-state index in [1.165, 1.54) is 49.2 Å². The molecule has 1 aliphatic carbocycles. The van der Waals surface area contributed by atoms with Crippen LogP contribution < -0.4 is 10.6 Å². The Labute approximate surface area is 156 Å². The van der Waals surface area contributed by atoms with Crippen LogP contribution in [-0.2, 0) is 12.8 Å². The average Bonchev–Trinajstić information content (AvgIpc) is 2.92. The van der Waals surface area contributed by atoms with Gasteiger partial charge in [-0.1, -0.05) is 12.8 Å². The van der Waals surface area contributed by atoms with Gasteiger partial charge >= 0.3 is 0 Å². The summed E-state index contributed by atoms with van der Waals surface area (Å²) in [5, 5.41) is 0. The normalized spacial score (nSPS) is 19.1. The summed E-state index contributed by atoms with van der Waals surface area (Å²) in [6.07, 6.45) is 10.8. The number of nitrogens with two attached hydrogens (primary N) is 1. The van der Waals surface area contributed by atoms with Crippen LogP contribution >= 0.6 is 11.8 Å². The Kier molecular flexibility index (Phi) is 6.96. The van der Waals surface area contributed by atoms with E-state index in [0.717, 1.165) is 50.6 Å². The van der Waals surface area contributed by atoms with Crippen LogP contribution in [0.2, 0.25) is 0 Å². The molecule has 2 N–H and O–H groups in total. The molecule has 25 heavy (non-hydrogen) atoms. The number of hydrogen-bond acceptors (Lipinski definition) is 6. The fourth-order valence-electron chi connectivity index (χ4n) is 3.90. The number of hydrogen-bond donors (Lipinski definition) is 1. The van der Waals surface area contributed by atoms with Gasteiger partial charge in [-0.25, -0.2) is 9.97 Å². The van der Waals surface area contributed by atoms with Gasteiger partial charge in [0.1, 0.15) is 11.6 Å². The first-order chi connectivity index (χ1) is 12.2. The molecule has 0 bridgehead atoms. The van der Waals surface area contributed by atoms with Crippen molar-refractivity contribution < 1.29 is 0 Å². The lowest BCUT2D eigenvalue weighted by Gasteiger charge is -2.26. The maximum Gasteiger partial charge on any atom is 0.149 e. The summed E-state index contributed by atoms with van der Waals surface area (Å²) < 4.78 is 0. The van der Waals surface area contributed by atoms with Crippen molar-refractivity contribution in [2.24, 2.45) is 5.73 Å². The van der Waals surface area contributed by atoms with E-state index in [0.29, 0.717) is 0 Å². The number of thioether (sulfide) groups is 1. The lowest BCUT2D eigenvalue weighted by atomic mass is 10.2. The lowest BCUT2D eigenvalue weighted by molar-refractivity contribution is 0.326. The van der Waals surface area contributed by atoms with Gasteiger partial charge < -0.3 is 15.5 Å². The van der Waals surface area contributed by atoms with Crippen LogP contribution in [0.1, 0.15) is 55.2 Å². The molecule has 0 aromatic carbocycles. The molecule has 0 saturated carbocycles. The molecule has 1 aliphatic heterocycles. The van der Waals surface area contributed by atoms with Crippen molar-refractivity contribution in [3.05, 3.63) is 17.1 Å². The first-order valence-electron chi connectivity index (χ1n) is 9.76. The summed E-state index contributed by atoms with van der Waals surface area (Å²) in [5.41, 5.74) is 9.15. The summed E-state index contributed by atoms with van der Waals surface area (Å²) in [4.78, 5) is 14.7. The number of likely N-dealkylation sites (N-methyl/N-ethyl adjacent to an activating group) is 1. The van der Waals surface area contributed by atoms with Crippen LogP contribution in [0, 0.1) is 0 Å². The number of nitrogens with zero attached hydrogens (tertiary/aromatic N) is 4. The fourth-order valence-corrected chi connectivity index (χ4v) is 4.39. The molecule has 2 aliphatic rings. The second-order valence-electron chi connectivity index (χ2n) is 7.45. The number of aryl methyl sites for hydroxylation is 1. The zero-order valence-corrected chi connectivity index (χ0v) is 16.7. The van der Waals surface area contributed by atoms with Gasteiger partial charge in [0.2, 0.25) is 0 Å². The highest BCUT2D eigenvalue weighted by atomic mass is 32.2. The Bertz CT molecular complexity index is 557. The molecule has 2 heterocycles. The van der Waals surface area contributed by atoms with Crippen LogP contribution in [-0.4, -0.2) is 60.1 Å². The lowest BCUT2D eigenvalue weighted by Crippen LogP contribution is -2.33. The molecule has 1 saturated heterocycles. The average molecular weight is 364 g/mol. The molecule has 0 radical (unpaired) electrons. The van der Waals surface area contributed by atoms with Crippen molar-refractivity contribution in [2.45, 2.75) is 51.0 Å². The second kappa shape index (κ2) is 9.19. The van der Waals surface area contributed by atoms with Gasteiger partial charge in [-0.05, 0) is 45.4 Å². The fraction of sp³-hybridized carbons (Fsp3) is 0.789. The highest BCUT2D eigenvalue weighted by Gasteiger charge is 2.25. The molecule has 1 unspecified atom stereocenters. The Balaban J connectivity index is 1.79. The summed E-state index contributed by atoms with van der Waals surface area (Å²) in [6.45, 7) is 4.13. The third-order valence-corrected chi connectivity index (χ3v) is 5.94. The summed E-state index contributed by atoms with van der Waals surface area (Å²) in [6, 6.07) is -0.108. The monoisotopic (exact) mass is 363 g/mol. The van der Waals surface area contributed by atoms with Crippen molar-refractivity contribution in [1.29, 1.82) is 0 Å². The number of anilines is 1. The van der Waals surface area contributed by atoms with Crippen LogP contribution in [0.25, 0.3) is 0 Å². The van der Waals surface area contributed by atoms with Gasteiger partial charge in [0.05, 0.1) is 6.04 Å². The van der Waals surface area contributed by atoms with Crippen molar-refractivity contribution >= 4 is 17.6 Å². The van der Waals surface area contributed by atoms with E-state index in [-0.39, 0.29) is 6.04 Å². The molecule has 0 spiro atoms. The molecule has 5 nitrogen and oxygen atoms in total. The number of rotatable bonds is 7. The summed E-state index contributed by atoms with van der Waals surface area (Å²) in [7, 11) is 2.14. The quantitative estimate of drug-likeness (QED) is 0.804. The van der Waals surface area contributed by atoms with E-state index in [1.54, 1.807) is 0 Å². The second-order valence-corrected chi connectivity index (χ2v) is 8.43. The Morgan fingerprint density at radius 1 is 1.12 bits per heavy atom. The van der Waals surface area contributed by atoms with Crippen molar-refractivity contribution in [2.75, 3.05) is 50.1 Å². The smallest absolute Gasteiger partial charge is 0.149 e. The Morgan fingerprint density at radius 2 is 1.88 bits per heavy atom. The third kappa shape index (κ3) is 4.86. The molecule has 0 amide bonds. The van der Waals surface area contributed by atoms with Crippen LogP contribution in [0.3, 0.4) is 0 Å². The topological polar surface area (TPSA) is 58.3 Å². The maximum atomic E-state index is 6.50. The molecule has 1 aromatic rings. The molecule has 1 aromatic heterocycles. The van der Waals surface area contributed by atoms with Crippen molar-refractivity contribution in [1.82, 2.24) is 14.9 Å². The van der Waals surface area contributed by atoms with Gasteiger partial charge in [-0.15, -0.1) is 0 Å². The molecule has 6 heteroatoms. The zero-order chi connectivity index (χ0) is 17.6. The van der Waals surface area contributed by atoms with E-state index < -0.39 is 0 Å². The van der Waals surface area contributed by atoms with Crippen LogP contribution in [0.15, 0.2) is 0 Å². The van der Waals surface area contributed by atoms with Gasteiger partial charge in [0.25, 0.3) is 0 Å². The maximum absolute atomic E-state index is 6.50. The third-order valence-electron chi connectivity index (χ3n) is 5.35. The van der Waals surface area contributed by atoms with E-state index in [2.05, 4.69) is 23.1 Å². The number of aromatic nitrogens is 2. The summed E-state index contributed by atoms with van der Waals surface area (Å²) in [5.74, 6) is 3.17. The highest BCUT2D eigenvalue weighted by molar-refractivity contribution is 7.98. The largest absolute Gasteiger partial charge is 0.356 e. The van der Waals surface area contributed by atoms with Gasteiger partial charge in [0.15, 0.2) is 0 Å². The van der Waals surface area contributed by atoms with Crippen LogP contribution in [0.4, 0.5) is 5.82 Å². The Hall–Kier alpha value is -0.850. The number of fused-ring (bicyclic) bond motifs is 1. The standard InChI is InChI=1S/C19H33N5S/c1-23(12-13-25-2)14-16(20)18-21-17-9-7-8-15(17)19(22-18)24-10-5-3-4-6-11-24/h16H,3-14,20H2,1-2H3. The SMILES string of the molecule is CSCCN(C)CC(N)c1nc2c(c(N3CCCCCC3)n1)CCC2. The molecule has 3 rings (SSSR count). The van der Waals surface area contributed by atoms with E-state index in [1.807, 2.05) is 11.8 Å². The van der Waals surface area contributed by atoms with E-state index in [9.17, 15) is 0 Å². The molecular weight excluding hydrogens is 330 g/mol. The zero-order valence-electron chi connectivity index (χ0n) is 15.8. The molecule has 1 fully saturated rings. The van der Waals surface area contributed by atoms with E-state index in [4.69, 9.17) is 15.7 Å². The van der Waals surface area contributed by atoms with Crippen molar-refractivity contribution in [3.8, 4) is 0 Å². The molecule has 1 atom stereocenters. The minimum Gasteiger partial charge on any atom is -0.356 e. The first kappa shape index (κ1) is 18.9. The van der Waals surface area contributed by atoms with Gasteiger partial charge in [0, 0.05) is 43.2 Å². The first-order valence-corrected chi connectivity index (χ1v) is 11.2. The van der Waals surface area contributed by atoms with Gasteiger partial charge in [-0.2, -0.15) is 11.8 Å². The van der Waals surface area contributed by atoms with E-state index >= 15 is 0 Å². The minimum atomic E-state index is -0.108. The van der Waals surface area contributed by atoms with Gasteiger partial charge in [-0.3, -0.25) is 0 Å². The predicted molar refractivity (Wildman–Crippen MR) is 108 cm³/mol. The highest BCUT2D eigenvalue weighted by Crippen LogP contribution is 2.31. The minimum absolute atomic E-state index is 0.108. The summed E-state index contributed by atoms with van der Waals surface area (Å²) >= 11 is 1.87. The molecular formula is C19H33N5S. The Morgan fingerprint density at radius 3 is 2.60 bits per heavy atom. The van der Waals surface area contributed by atoms with Crippen molar-refractivity contribution in [3.63, 3.8) is 0 Å². The predicted octanol–water partition coefficient (Wildman–Crippen LogP) is 2.64. The molecule has 140 valence electrons. The van der Waals surface area contributed by atoms with Crippen LogP contribution in [0.5, 0.6) is 0 Å².